The summed E-state index contributed by atoms with van der Waals surface area (Å²) in [7, 11) is 2.88. The normalized spacial score (nSPS) is 10.8. The summed E-state index contributed by atoms with van der Waals surface area (Å²) in [6, 6.07) is 10.9. The Bertz CT molecular complexity index is 1160. The smallest absolute Gasteiger partial charge is 0.308 e. The molecule has 0 aliphatic rings. The number of benzene rings is 2. The van der Waals surface area contributed by atoms with E-state index < -0.39 is 11.9 Å². The lowest BCUT2D eigenvalue weighted by molar-refractivity contribution is -0.132. The van der Waals surface area contributed by atoms with Crippen molar-refractivity contribution in [2.24, 2.45) is 5.10 Å². The Balaban J connectivity index is 1.73. The van der Waals surface area contributed by atoms with Crippen LogP contribution in [0.5, 0.6) is 17.2 Å². The minimum Gasteiger partial charge on any atom is -0.493 e. The largest absolute Gasteiger partial charge is 0.493 e. The van der Waals surface area contributed by atoms with E-state index in [1.54, 1.807) is 18.2 Å². The molecule has 0 saturated carbocycles. The lowest BCUT2D eigenvalue weighted by Crippen LogP contribution is -2.18. The van der Waals surface area contributed by atoms with Crippen LogP contribution >= 0.6 is 0 Å². The zero-order valence-corrected chi connectivity index (χ0v) is 18.5. The first-order valence-corrected chi connectivity index (χ1v) is 9.73. The summed E-state index contributed by atoms with van der Waals surface area (Å²) >= 11 is 0. The average molecular weight is 436 g/mol. The van der Waals surface area contributed by atoms with Crippen molar-refractivity contribution in [2.75, 3.05) is 14.2 Å². The molecule has 0 spiro atoms. The molecule has 2 aromatic carbocycles. The van der Waals surface area contributed by atoms with Crippen molar-refractivity contribution in [1.29, 1.82) is 0 Å². The van der Waals surface area contributed by atoms with E-state index in [1.165, 1.54) is 32.9 Å². The predicted molar refractivity (Wildman–Crippen MR) is 119 cm³/mol. The molecule has 32 heavy (non-hydrogen) atoms. The van der Waals surface area contributed by atoms with Gasteiger partial charge in [0.05, 0.1) is 26.1 Å². The average Bonchev–Trinajstić information content (AvgIpc) is 3.26. The van der Waals surface area contributed by atoms with Gasteiger partial charge >= 0.3 is 5.97 Å². The molecule has 2 N–H and O–H groups in total. The standard InChI is InChI=1S/C23H24N4O5/c1-13-6-7-17(8-14(13)2)18-11-19(26-25-18)23(29)27-24-12-16-9-20(30-4)22(32-15(3)28)21(10-16)31-5/h6-12H,1-5H3,(H,25,26)(H,27,29)/b24-12+. The van der Waals surface area contributed by atoms with Gasteiger partial charge in [0.25, 0.3) is 5.91 Å². The molecule has 0 aliphatic carbocycles. The van der Waals surface area contributed by atoms with E-state index in [4.69, 9.17) is 14.2 Å². The number of rotatable bonds is 7. The van der Waals surface area contributed by atoms with Crippen molar-refractivity contribution >= 4 is 18.1 Å². The van der Waals surface area contributed by atoms with Crippen LogP contribution in [-0.4, -0.2) is 42.5 Å². The molecule has 0 radical (unpaired) electrons. The van der Waals surface area contributed by atoms with Crippen molar-refractivity contribution in [3.05, 3.63) is 58.8 Å². The van der Waals surface area contributed by atoms with Crippen LogP contribution in [0.2, 0.25) is 0 Å². The second-order valence-corrected chi connectivity index (χ2v) is 7.01. The van der Waals surface area contributed by atoms with Gasteiger partial charge in [0.1, 0.15) is 5.69 Å². The first-order valence-electron chi connectivity index (χ1n) is 9.73. The summed E-state index contributed by atoms with van der Waals surface area (Å²) in [5.41, 5.74) is 7.20. The van der Waals surface area contributed by atoms with Gasteiger partial charge in [-0.1, -0.05) is 12.1 Å². The summed E-state index contributed by atoms with van der Waals surface area (Å²) in [6.45, 7) is 5.34. The first kappa shape index (κ1) is 22.5. The molecule has 0 saturated heterocycles. The molecular weight excluding hydrogens is 412 g/mol. The third-order valence-corrected chi connectivity index (χ3v) is 4.73. The van der Waals surface area contributed by atoms with Gasteiger partial charge in [-0.3, -0.25) is 14.7 Å². The maximum atomic E-state index is 12.4. The highest BCUT2D eigenvalue weighted by molar-refractivity contribution is 5.94. The van der Waals surface area contributed by atoms with Gasteiger partial charge in [-0.05, 0) is 49.2 Å². The van der Waals surface area contributed by atoms with Crippen LogP contribution < -0.4 is 19.6 Å². The minimum atomic E-state index is -0.505. The monoisotopic (exact) mass is 436 g/mol. The number of esters is 1. The van der Waals surface area contributed by atoms with Crippen LogP contribution in [0.3, 0.4) is 0 Å². The van der Waals surface area contributed by atoms with Gasteiger partial charge in [0.15, 0.2) is 11.5 Å². The molecular formula is C23H24N4O5. The molecule has 9 heteroatoms. The molecule has 0 bridgehead atoms. The number of hydrazone groups is 1. The van der Waals surface area contributed by atoms with Crippen LogP contribution in [0.1, 0.15) is 34.1 Å². The van der Waals surface area contributed by atoms with Crippen LogP contribution in [0.25, 0.3) is 11.3 Å². The number of amides is 1. The second kappa shape index (κ2) is 9.78. The number of hydrogen-bond donors (Lipinski definition) is 2. The summed E-state index contributed by atoms with van der Waals surface area (Å²) in [4.78, 5) is 23.7. The van der Waals surface area contributed by atoms with Crippen molar-refractivity contribution in [3.8, 4) is 28.5 Å². The molecule has 0 atom stereocenters. The molecule has 0 aliphatic heterocycles. The second-order valence-electron chi connectivity index (χ2n) is 7.01. The maximum Gasteiger partial charge on any atom is 0.308 e. The number of aromatic amines is 1. The Kier molecular flexibility index (Phi) is 6.89. The fourth-order valence-corrected chi connectivity index (χ4v) is 2.93. The summed E-state index contributed by atoms with van der Waals surface area (Å²) < 4.78 is 15.7. The number of nitrogens with one attached hydrogen (secondary N) is 2. The molecule has 166 valence electrons. The quantitative estimate of drug-likeness (QED) is 0.254. The first-order chi connectivity index (χ1) is 15.3. The van der Waals surface area contributed by atoms with Crippen LogP contribution in [0.4, 0.5) is 0 Å². The number of ether oxygens (including phenoxy) is 3. The van der Waals surface area contributed by atoms with E-state index in [0.29, 0.717) is 22.8 Å². The molecule has 1 aromatic heterocycles. The third kappa shape index (κ3) is 5.12. The molecule has 9 nitrogen and oxygen atoms in total. The van der Waals surface area contributed by atoms with Crippen LogP contribution in [-0.2, 0) is 4.79 Å². The van der Waals surface area contributed by atoms with Crippen molar-refractivity contribution in [2.45, 2.75) is 20.8 Å². The van der Waals surface area contributed by atoms with Crippen molar-refractivity contribution in [1.82, 2.24) is 15.6 Å². The fraction of sp³-hybridized carbons (Fsp3) is 0.217. The number of methoxy groups -OCH3 is 2. The van der Waals surface area contributed by atoms with Gasteiger partial charge in [-0.25, -0.2) is 5.43 Å². The number of carbonyl (C=O) groups is 2. The summed E-state index contributed by atoms with van der Waals surface area (Å²) in [6.07, 6.45) is 1.42. The van der Waals surface area contributed by atoms with Crippen LogP contribution in [0, 0.1) is 13.8 Å². The zero-order valence-electron chi connectivity index (χ0n) is 18.5. The van der Waals surface area contributed by atoms with E-state index in [1.807, 2.05) is 32.0 Å². The Morgan fingerprint density at radius 1 is 1.03 bits per heavy atom. The SMILES string of the molecule is COc1cc(/C=N/NC(=O)c2cc(-c3ccc(C)c(C)c3)n[nH]2)cc(OC)c1OC(C)=O. The van der Waals surface area contributed by atoms with Gasteiger partial charge in [-0.2, -0.15) is 10.2 Å². The van der Waals surface area contributed by atoms with Crippen LogP contribution in [0.15, 0.2) is 41.5 Å². The third-order valence-electron chi connectivity index (χ3n) is 4.73. The van der Waals surface area contributed by atoms with E-state index in [9.17, 15) is 9.59 Å². The summed E-state index contributed by atoms with van der Waals surface area (Å²) in [5, 5.41) is 10.9. The molecule has 1 heterocycles. The van der Waals surface area contributed by atoms with E-state index in [2.05, 4.69) is 20.7 Å². The minimum absolute atomic E-state index is 0.167. The van der Waals surface area contributed by atoms with Crippen molar-refractivity contribution in [3.63, 3.8) is 0 Å². The van der Waals surface area contributed by atoms with Gasteiger partial charge < -0.3 is 14.2 Å². The van der Waals surface area contributed by atoms with Gasteiger partial charge in [-0.15, -0.1) is 0 Å². The maximum absolute atomic E-state index is 12.4. The molecule has 3 aromatic rings. The molecule has 1 amide bonds. The highest BCUT2D eigenvalue weighted by atomic mass is 16.6. The number of nitrogens with zero attached hydrogens (tertiary/aromatic N) is 2. The molecule has 0 fully saturated rings. The molecule has 3 rings (SSSR count). The lowest BCUT2D eigenvalue weighted by atomic mass is 10.0. The van der Waals surface area contributed by atoms with E-state index >= 15 is 0 Å². The Hall–Kier alpha value is -4.14. The Labute approximate surface area is 185 Å². The van der Waals surface area contributed by atoms with E-state index in [0.717, 1.165) is 11.1 Å². The number of aromatic nitrogens is 2. The number of aryl methyl sites for hydroxylation is 2. The highest BCUT2D eigenvalue weighted by Gasteiger charge is 2.16. The zero-order chi connectivity index (χ0) is 23.3. The Morgan fingerprint density at radius 2 is 1.72 bits per heavy atom. The summed E-state index contributed by atoms with van der Waals surface area (Å²) in [5.74, 6) is -0.202. The van der Waals surface area contributed by atoms with Gasteiger partial charge in [0, 0.05) is 18.1 Å². The number of carbonyl (C=O) groups excluding carboxylic acids is 2. The number of hydrogen-bond acceptors (Lipinski definition) is 7. The molecule has 0 unspecified atom stereocenters. The van der Waals surface area contributed by atoms with Gasteiger partial charge in [0.2, 0.25) is 5.75 Å². The fourth-order valence-electron chi connectivity index (χ4n) is 2.93. The topological polar surface area (TPSA) is 115 Å². The highest BCUT2D eigenvalue weighted by Crippen LogP contribution is 2.38. The Morgan fingerprint density at radius 3 is 2.31 bits per heavy atom. The lowest BCUT2D eigenvalue weighted by Gasteiger charge is -2.13. The predicted octanol–water partition coefficient (Wildman–Crippen LogP) is 3.40. The number of H-pyrrole nitrogens is 1. The van der Waals surface area contributed by atoms with E-state index in [-0.39, 0.29) is 11.4 Å². The van der Waals surface area contributed by atoms with Crippen molar-refractivity contribution < 1.29 is 23.8 Å².